The van der Waals surface area contributed by atoms with Crippen LogP contribution < -0.4 is 10.1 Å². The van der Waals surface area contributed by atoms with Crippen LogP contribution in [0.2, 0.25) is 5.02 Å². The molecule has 1 unspecified atom stereocenters. The highest BCUT2D eigenvalue weighted by Gasteiger charge is 2.18. The van der Waals surface area contributed by atoms with Crippen molar-refractivity contribution >= 4 is 17.3 Å². The van der Waals surface area contributed by atoms with Crippen molar-refractivity contribution in [2.75, 3.05) is 13.2 Å². The molecule has 0 saturated carbocycles. The maximum Gasteiger partial charge on any atom is 0.288 e. The molecule has 1 atom stereocenters. The van der Waals surface area contributed by atoms with E-state index >= 15 is 0 Å². The topological polar surface area (TPSA) is 64.4 Å². The molecule has 1 aliphatic heterocycles. The van der Waals surface area contributed by atoms with Gasteiger partial charge in [0.15, 0.2) is 0 Å². The van der Waals surface area contributed by atoms with Gasteiger partial charge in [-0.1, -0.05) is 11.6 Å². The van der Waals surface area contributed by atoms with E-state index in [9.17, 15) is 10.1 Å². The molecule has 2 rings (SSSR count). The first-order chi connectivity index (χ1) is 8.58. The molecule has 6 heteroatoms. The first-order valence-corrected chi connectivity index (χ1v) is 6.26. The second-order valence-electron chi connectivity index (χ2n) is 4.43. The first-order valence-electron chi connectivity index (χ1n) is 5.88. The number of benzene rings is 1. The largest absolute Gasteiger partial charge is 0.492 e. The summed E-state index contributed by atoms with van der Waals surface area (Å²) in [5.74, 6) is 0.610. The number of halogens is 1. The molecule has 1 N–H and O–H groups in total. The van der Waals surface area contributed by atoms with Crippen LogP contribution in [0.4, 0.5) is 5.69 Å². The summed E-state index contributed by atoms with van der Waals surface area (Å²) in [6, 6.07) is 3.32. The number of aryl methyl sites for hydroxylation is 1. The Morgan fingerprint density at radius 3 is 3.00 bits per heavy atom. The van der Waals surface area contributed by atoms with Crippen molar-refractivity contribution in [3.05, 3.63) is 32.8 Å². The molecule has 0 aliphatic carbocycles. The lowest BCUT2D eigenvalue weighted by Gasteiger charge is -2.14. The molecule has 1 fully saturated rings. The lowest BCUT2D eigenvalue weighted by molar-refractivity contribution is -0.384. The monoisotopic (exact) mass is 270 g/mol. The molecule has 0 radical (unpaired) electrons. The normalized spacial score (nSPS) is 18.9. The zero-order valence-corrected chi connectivity index (χ0v) is 10.9. The van der Waals surface area contributed by atoms with Crippen LogP contribution in [-0.4, -0.2) is 24.1 Å². The van der Waals surface area contributed by atoms with Crippen molar-refractivity contribution in [2.24, 2.45) is 0 Å². The average Bonchev–Trinajstić information content (AvgIpc) is 2.82. The summed E-state index contributed by atoms with van der Waals surface area (Å²) in [7, 11) is 0. The minimum absolute atomic E-state index is 0.0829. The van der Waals surface area contributed by atoms with Crippen LogP contribution in [0.25, 0.3) is 0 Å². The molecule has 5 nitrogen and oxygen atoms in total. The van der Waals surface area contributed by atoms with Gasteiger partial charge < -0.3 is 10.1 Å². The van der Waals surface area contributed by atoms with Crippen molar-refractivity contribution in [1.29, 1.82) is 0 Å². The van der Waals surface area contributed by atoms with Gasteiger partial charge in [-0.15, -0.1) is 0 Å². The van der Waals surface area contributed by atoms with Crippen molar-refractivity contribution in [3.8, 4) is 5.75 Å². The Morgan fingerprint density at radius 1 is 1.61 bits per heavy atom. The second-order valence-corrected chi connectivity index (χ2v) is 4.84. The fourth-order valence-corrected chi connectivity index (χ4v) is 2.26. The summed E-state index contributed by atoms with van der Waals surface area (Å²) in [5, 5.41) is 14.2. The molecule has 1 saturated heterocycles. The second kappa shape index (κ2) is 5.54. The fourth-order valence-electron chi connectivity index (χ4n) is 2.03. The lowest BCUT2D eigenvalue weighted by Crippen LogP contribution is -2.28. The molecule has 18 heavy (non-hydrogen) atoms. The summed E-state index contributed by atoms with van der Waals surface area (Å²) in [4.78, 5) is 10.2. The molecule has 1 heterocycles. The van der Waals surface area contributed by atoms with E-state index in [0.29, 0.717) is 18.4 Å². The summed E-state index contributed by atoms with van der Waals surface area (Å²) in [6.07, 6.45) is 2.26. The smallest absolute Gasteiger partial charge is 0.288 e. The zero-order chi connectivity index (χ0) is 13.1. The first kappa shape index (κ1) is 13.1. The van der Waals surface area contributed by atoms with E-state index in [1.165, 1.54) is 12.1 Å². The lowest BCUT2D eigenvalue weighted by atomic mass is 10.2. The highest BCUT2D eigenvalue weighted by Crippen LogP contribution is 2.32. The summed E-state index contributed by atoms with van der Waals surface area (Å²) in [6.45, 7) is 3.36. The highest BCUT2D eigenvalue weighted by atomic mass is 35.5. The number of nitrogens with zero attached hydrogens (tertiary/aromatic N) is 1. The number of hydrogen-bond donors (Lipinski definition) is 1. The predicted octanol–water partition coefficient (Wildman–Crippen LogP) is 2.69. The molecular formula is C12H15ClN2O3. The van der Waals surface area contributed by atoms with Gasteiger partial charge in [0.25, 0.3) is 5.69 Å². The third-order valence-electron chi connectivity index (χ3n) is 3.04. The minimum atomic E-state index is -0.488. The van der Waals surface area contributed by atoms with Crippen molar-refractivity contribution in [2.45, 2.75) is 25.8 Å². The number of rotatable bonds is 4. The molecular weight excluding hydrogens is 256 g/mol. The van der Waals surface area contributed by atoms with Gasteiger partial charge in [-0.05, 0) is 31.9 Å². The molecule has 0 aromatic heterocycles. The van der Waals surface area contributed by atoms with Gasteiger partial charge in [-0.3, -0.25) is 10.1 Å². The third kappa shape index (κ3) is 2.91. The maximum absolute atomic E-state index is 10.7. The Balaban J connectivity index is 2.08. The van der Waals surface area contributed by atoms with E-state index in [1.807, 2.05) is 0 Å². The standard InChI is InChI=1S/C12H15ClN2O3/c1-8-5-11(15(16)17)10(13)6-12(8)18-7-9-3-2-4-14-9/h5-6,9,14H,2-4,7H2,1H3. The number of ether oxygens (including phenoxy) is 1. The number of hydrogen-bond acceptors (Lipinski definition) is 4. The molecule has 1 aromatic carbocycles. The summed E-state index contributed by atoms with van der Waals surface area (Å²) < 4.78 is 5.67. The van der Waals surface area contributed by atoms with Gasteiger partial charge in [0, 0.05) is 18.2 Å². The van der Waals surface area contributed by atoms with Crippen molar-refractivity contribution in [3.63, 3.8) is 0 Å². The van der Waals surface area contributed by atoms with Gasteiger partial charge in [0.05, 0.1) is 4.92 Å². The van der Waals surface area contributed by atoms with Gasteiger partial charge in [0.1, 0.15) is 17.4 Å². The van der Waals surface area contributed by atoms with E-state index in [2.05, 4.69) is 5.32 Å². The summed E-state index contributed by atoms with van der Waals surface area (Å²) >= 11 is 5.85. The van der Waals surface area contributed by atoms with E-state index in [4.69, 9.17) is 16.3 Å². The predicted molar refractivity (Wildman–Crippen MR) is 69.4 cm³/mol. The van der Waals surface area contributed by atoms with E-state index < -0.39 is 4.92 Å². The van der Waals surface area contributed by atoms with Crippen LogP contribution in [0.1, 0.15) is 18.4 Å². The van der Waals surface area contributed by atoms with Gasteiger partial charge >= 0.3 is 0 Å². The van der Waals surface area contributed by atoms with Crippen LogP contribution in [0.5, 0.6) is 5.75 Å². The Bertz CT molecular complexity index is 459. The Morgan fingerprint density at radius 2 is 2.39 bits per heavy atom. The van der Waals surface area contributed by atoms with Gasteiger partial charge in [0.2, 0.25) is 0 Å². The molecule has 1 aliphatic rings. The molecule has 0 spiro atoms. The van der Waals surface area contributed by atoms with E-state index in [-0.39, 0.29) is 10.7 Å². The molecule has 1 aromatic rings. The van der Waals surface area contributed by atoms with Crippen LogP contribution in [0.3, 0.4) is 0 Å². The Kier molecular flexibility index (Phi) is 4.04. The van der Waals surface area contributed by atoms with E-state index in [1.54, 1.807) is 6.92 Å². The fraction of sp³-hybridized carbons (Fsp3) is 0.500. The van der Waals surface area contributed by atoms with Gasteiger partial charge in [-0.2, -0.15) is 0 Å². The van der Waals surface area contributed by atoms with Crippen LogP contribution >= 0.6 is 11.6 Å². The van der Waals surface area contributed by atoms with Crippen LogP contribution in [0, 0.1) is 17.0 Å². The number of nitro benzene ring substituents is 1. The Labute approximate surface area is 110 Å². The van der Waals surface area contributed by atoms with Crippen LogP contribution in [0.15, 0.2) is 12.1 Å². The third-order valence-corrected chi connectivity index (χ3v) is 3.35. The average molecular weight is 271 g/mol. The minimum Gasteiger partial charge on any atom is -0.492 e. The summed E-state index contributed by atoms with van der Waals surface area (Å²) in [5.41, 5.74) is 0.643. The zero-order valence-electron chi connectivity index (χ0n) is 10.1. The van der Waals surface area contributed by atoms with Crippen LogP contribution in [-0.2, 0) is 0 Å². The van der Waals surface area contributed by atoms with Gasteiger partial charge in [-0.25, -0.2) is 0 Å². The quantitative estimate of drug-likeness (QED) is 0.675. The van der Waals surface area contributed by atoms with E-state index in [0.717, 1.165) is 24.9 Å². The molecule has 0 amide bonds. The maximum atomic E-state index is 10.7. The van der Waals surface area contributed by atoms with Crippen molar-refractivity contribution in [1.82, 2.24) is 5.32 Å². The number of nitro groups is 1. The van der Waals surface area contributed by atoms with Crippen molar-refractivity contribution < 1.29 is 9.66 Å². The molecule has 98 valence electrons. The highest BCUT2D eigenvalue weighted by molar-refractivity contribution is 6.32. The number of nitrogens with one attached hydrogen (secondary N) is 1. The Hall–Kier alpha value is -1.33. The SMILES string of the molecule is Cc1cc([N+](=O)[O-])c(Cl)cc1OCC1CCCN1. The molecule has 0 bridgehead atoms.